The molecule has 0 spiro atoms. The molecule has 0 atom stereocenters. The number of primary amides is 1. The van der Waals surface area contributed by atoms with Crippen LogP contribution in [0.2, 0.25) is 0 Å². The van der Waals surface area contributed by atoms with Crippen molar-refractivity contribution in [1.82, 2.24) is 0 Å². The highest BCUT2D eigenvalue weighted by molar-refractivity contribution is 9.10. The van der Waals surface area contributed by atoms with Gasteiger partial charge in [-0.3, -0.25) is 4.79 Å². The molecular weight excluding hydrogens is 260 g/mol. The number of halogens is 1. The summed E-state index contributed by atoms with van der Waals surface area (Å²) in [5.74, 6) is -0.00292. The second-order valence-electron chi connectivity index (χ2n) is 2.85. The molecule has 0 aliphatic heterocycles. The van der Waals surface area contributed by atoms with Crippen LogP contribution in [0, 0.1) is 0 Å². The number of ether oxygens (including phenoxy) is 1. The summed E-state index contributed by atoms with van der Waals surface area (Å²) in [5.41, 5.74) is 11.6. The molecule has 0 heterocycles. The van der Waals surface area contributed by atoms with Crippen molar-refractivity contribution in [3.05, 3.63) is 34.3 Å². The zero-order valence-corrected chi connectivity index (χ0v) is 9.74. The summed E-state index contributed by atoms with van der Waals surface area (Å²) in [4.78, 5) is 10.7. The molecule has 4 nitrogen and oxygen atoms in total. The van der Waals surface area contributed by atoms with Crippen molar-refractivity contribution in [2.24, 2.45) is 11.5 Å². The van der Waals surface area contributed by atoms with Gasteiger partial charge in [-0.2, -0.15) is 0 Å². The van der Waals surface area contributed by atoms with E-state index in [4.69, 9.17) is 16.2 Å². The summed E-state index contributed by atoms with van der Waals surface area (Å²) >= 11 is 3.31. The number of benzene rings is 1. The molecule has 0 saturated heterocycles. The van der Waals surface area contributed by atoms with Crippen LogP contribution in [-0.2, 0) is 4.79 Å². The number of amides is 1. The van der Waals surface area contributed by atoms with Crippen molar-refractivity contribution < 1.29 is 9.53 Å². The Hall–Kier alpha value is -1.49. The molecule has 0 radical (unpaired) electrons. The van der Waals surface area contributed by atoms with Crippen LogP contribution in [-0.4, -0.2) is 13.0 Å². The van der Waals surface area contributed by atoms with Gasteiger partial charge in [-0.05, 0) is 18.2 Å². The SMILES string of the molecule is COc1cc(Br)ccc1/C(N)=C/C(N)=O. The Labute approximate surface area is 96.0 Å². The second-order valence-corrected chi connectivity index (χ2v) is 3.76. The Morgan fingerprint density at radius 3 is 2.67 bits per heavy atom. The van der Waals surface area contributed by atoms with E-state index in [9.17, 15) is 4.79 Å². The number of carbonyl (C=O) groups is 1. The third kappa shape index (κ3) is 2.99. The smallest absolute Gasteiger partial charge is 0.243 e. The maximum absolute atomic E-state index is 10.7. The molecule has 1 rings (SSSR count). The number of hydrogen-bond acceptors (Lipinski definition) is 3. The van der Waals surface area contributed by atoms with Crippen LogP contribution in [0.4, 0.5) is 0 Å². The molecule has 1 amide bonds. The fourth-order valence-electron chi connectivity index (χ4n) is 1.13. The zero-order chi connectivity index (χ0) is 11.4. The van der Waals surface area contributed by atoms with Gasteiger partial charge in [-0.25, -0.2) is 0 Å². The van der Waals surface area contributed by atoms with Crippen molar-refractivity contribution >= 4 is 27.5 Å². The molecule has 4 N–H and O–H groups in total. The van der Waals surface area contributed by atoms with E-state index in [1.165, 1.54) is 7.11 Å². The quantitative estimate of drug-likeness (QED) is 0.812. The van der Waals surface area contributed by atoms with Crippen molar-refractivity contribution in [2.45, 2.75) is 0 Å². The van der Waals surface area contributed by atoms with E-state index >= 15 is 0 Å². The highest BCUT2D eigenvalue weighted by Crippen LogP contribution is 2.26. The van der Waals surface area contributed by atoms with E-state index in [0.717, 1.165) is 10.5 Å². The summed E-state index contributed by atoms with van der Waals surface area (Å²) in [6.07, 6.45) is 1.16. The zero-order valence-electron chi connectivity index (χ0n) is 8.16. The van der Waals surface area contributed by atoms with E-state index in [-0.39, 0.29) is 5.70 Å². The lowest BCUT2D eigenvalue weighted by molar-refractivity contribution is -0.113. The molecule has 0 unspecified atom stereocenters. The third-order valence-electron chi connectivity index (χ3n) is 1.77. The van der Waals surface area contributed by atoms with Crippen LogP contribution in [0.3, 0.4) is 0 Å². The highest BCUT2D eigenvalue weighted by atomic mass is 79.9. The van der Waals surface area contributed by atoms with E-state index < -0.39 is 5.91 Å². The maximum Gasteiger partial charge on any atom is 0.243 e. The minimum absolute atomic E-state index is 0.284. The van der Waals surface area contributed by atoms with Crippen molar-refractivity contribution in [3.8, 4) is 5.75 Å². The predicted octanol–water partition coefficient (Wildman–Crippen LogP) is 1.24. The Bertz CT molecular complexity index is 416. The average molecular weight is 271 g/mol. The molecule has 0 aliphatic carbocycles. The van der Waals surface area contributed by atoms with Gasteiger partial charge in [0, 0.05) is 21.8 Å². The molecule has 0 fully saturated rings. The molecule has 1 aromatic rings. The average Bonchev–Trinajstić information content (AvgIpc) is 2.16. The fourth-order valence-corrected chi connectivity index (χ4v) is 1.47. The van der Waals surface area contributed by atoms with Gasteiger partial charge in [0.15, 0.2) is 0 Å². The third-order valence-corrected chi connectivity index (χ3v) is 2.27. The van der Waals surface area contributed by atoms with E-state index in [1.54, 1.807) is 18.2 Å². The van der Waals surface area contributed by atoms with Crippen LogP contribution in [0.25, 0.3) is 5.70 Å². The maximum atomic E-state index is 10.7. The summed E-state index contributed by atoms with van der Waals surface area (Å²) in [6, 6.07) is 5.31. The topological polar surface area (TPSA) is 78.3 Å². The van der Waals surface area contributed by atoms with Gasteiger partial charge in [0.05, 0.1) is 7.11 Å². The van der Waals surface area contributed by atoms with E-state index in [2.05, 4.69) is 15.9 Å². The van der Waals surface area contributed by atoms with Crippen molar-refractivity contribution in [1.29, 1.82) is 0 Å². The van der Waals surface area contributed by atoms with Gasteiger partial charge < -0.3 is 16.2 Å². The Balaban J connectivity index is 3.19. The van der Waals surface area contributed by atoms with Crippen molar-refractivity contribution in [2.75, 3.05) is 7.11 Å². The van der Waals surface area contributed by atoms with Gasteiger partial charge in [0.25, 0.3) is 0 Å². The first-order chi connectivity index (χ1) is 7.04. The predicted molar refractivity (Wildman–Crippen MR) is 62.1 cm³/mol. The largest absolute Gasteiger partial charge is 0.496 e. The minimum Gasteiger partial charge on any atom is -0.496 e. The Kier molecular flexibility index (Phi) is 3.74. The van der Waals surface area contributed by atoms with Gasteiger partial charge in [0.2, 0.25) is 5.91 Å². The molecule has 5 heteroatoms. The van der Waals surface area contributed by atoms with Gasteiger partial charge in [-0.15, -0.1) is 0 Å². The van der Waals surface area contributed by atoms with Crippen LogP contribution in [0.15, 0.2) is 28.7 Å². The van der Waals surface area contributed by atoms with E-state index in [0.29, 0.717) is 11.3 Å². The van der Waals surface area contributed by atoms with Crippen LogP contribution >= 0.6 is 15.9 Å². The first kappa shape index (κ1) is 11.6. The summed E-state index contributed by atoms with van der Waals surface area (Å²) in [6.45, 7) is 0. The second kappa shape index (κ2) is 4.84. The molecule has 0 saturated carbocycles. The highest BCUT2D eigenvalue weighted by Gasteiger charge is 2.06. The van der Waals surface area contributed by atoms with Crippen LogP contribution in [0.1, 0.15) is 5.56 Å². The summed E-state index contributed by atoms with van der Waals surface area (Å²) in [7, 11) is 1.53. The normalized spacial score (nSPS) is 11.2. The van der Waals surface area contributed by atoms with Crippen LogP contribution in [0.5, 0.6) is 5.75 Å². The standard InChI is InChI=1S/C10H11BrN2O2/c1-15-9-4-6(11)2-3-7(9)8(12)5-10(13)14/h2-5H,12H2,1H3,(H2,13,14)/b8-5-. The first-order valence-electron chi connectivity index (χ1n) is 4.15. The van der Waals surface area contributed by atoms with Gasteiger partial charge >= 0.3 is 0 Å². The number of methoxy groups -OCH3 is 1. The van der Waals surface area contributed by atoms with Crippen LogP contribution < -0.4 is 16.2 Å². The summed E-state index contributed by atoms with van der Waals surface area (Å²) < 4.78 is 6.00. The summed E-state index contributed by atoms with van der Waals surface area (Å²) in [5, 5.41) is 0. The fraction of sp³-hybridized carbons (Fsp3) is 0.100. The molecule has 1 aromatic carbocycles. The Morgan fingerprint density at radius 1 is 1.47 bits per heavy atom. The molecule has 0 aromatic heterocycles. The molecule has 80 valence electrons. The lowest BCUT2D eigenvalue weighted by Gasteiger charge is -2.08. The lowest BCUT2D eigenvalue weighted by Crippen LogP contribution is -2.10. The minimum atomic E-state index is -0.586. The number of rotatable bonds is 3. The molecular formula is C10H11BrN2O2. The number of nitrogens with two attached hydrogens (primary N) is 2. The number of hydrogen-bond donors (Lipinski definition) is 2. The monoisotopic (exact) mass is 270 g/mol. The van der Waals surface area contributed by atoms with Crippen molar-refractivity contribution in [3.63, 3.8) is 0 Å². The van der Waals surface area contributed by atoms with Gasteiger partial charge in [0.1, 0.15) is 5.75 Å². The molecule has 0 bridgehead atoms. The Morgan fingerprint density at radius 2 is 2.13 bits per heavy atom. The molecule has 15 heavy (non-hydrogen) atoms. The van der Waals surface area contributed by atoms with E-state index in [1.807, 2.05) is 0 Å². The molecule has 0 aliphatic rings. The lowest BCUT2D eigenvalue weighted by atomic mass is 10.1. The van der Waals surface area contributed by atoms with Gasteiger partial charge in [-0.1, -0.05) is 15.9 Å². The number of carbonyl (C=O) groups excluding carboxylic acids is 1. The first-order valence-corrected chi connectivity index (χ1v) is 4.94.